The first-order valence-electron chi connectivity index (χ1n) is 10.6. The minimum atomic E-state index is -4.41. The summed E-state index contributed by atoms with van der Waals surface area (Å²) in [5, 5.41) is 2.85. The third-order valence-electron chi connectivity index (χ3n) is 5.19. The number of hydrogen-bond donors (Lipinski definition) is 1. The van der Waals surface area contributed by atoms with Gasteiger partial charge in [0.25, 0.3) is 5.91 Å². The van der Waals surface area contributed by atoms with Gasteiger partial charge >= 0.3 is 6.18 Å². The third-order valence-corrected chi connectivity index (χ3v) is 5.19. The number of pyridine rings is 1. The predicted octanol–water partition coefficient (Wildman–Crippen LogP) is 6.64. The Balaban J connectivity index is 1.41. The quantitative estimate of drug-likeness (QED) is 0.335. The fourth-order valence-electron chi connectivity index (χ4n) is 3.43. The molecule has 0 aliphatic carbocycles. The van der Waals surface area contributed by atoms with E-state index in [2.05, 4.69) is 10.3 Å². The van der Waals surface area contributed by atoms with Crippen LogP contribution in [0.25, 0.3) is 11.1 Å². The van der Waals surface area contributed by atoms with Crippen molar-refractivity contribution < 1.29 is 22.7 Å². The molecule has 0 saturated carbocycles. The van der Waals surface area contributed by atoms with Gasteiger partial charge in [-0.25, -0.2) is 4.98 Å². The number of amides is 1. The number of alkyl halides is 3. The molecule has 4 nitrogen and oxygen atoms in total. The van der Waals surface area contributed by atoms with E-state index in [9.17, 15) is 18.0 Å². The van der Waals surface area contributed by atoms with Crippen LogP contribution < -0.4 is 10.1 Å². The van der Waals surface area contributed by atoms with Gasteiger partial charge in [0.15, 0.2) is 0 Å². The zero-order valence-corrected chi connectivity index (χ0v) is 18.0. The zero-order valence-electron chi connectivity index (χ0n) is 18.0. The number of carbonyl (C=O) groups is 1. The van der Waals surface area contributed by atoms with Crippen molar-refractivity contribution in [1.82, 2.24) is 4.98 Å². The third kappa shape index (κ3) is 5.81. The molecule has 1 heterocycles. The van der Waals surface area contributed by atoms with Crippen LogP contribution in [0.15, 0.2) is 97.2 Å². The van der Waals surface area contributed by atoms with Gasteiger partial charge in [-0.05, 0) is 53.1 Å². The summed E-state index contributed by atoms with van der Waals surface area (Å²) in [5.41, 5.74) is 2.37. The van der Waals surface area contributed by atoms with Crippen LogP contribution in [0.1, 0.15) is 21.5 Å². The summed E-state index contributed by atoms with van der Waals surface area (Å²) in [7, 11) is 0. The first-order valence-corrected chi connectivity index (χ1v) is 10.6. The normalized spacial score (nSPS) is 11.1. The number of rotatable bonds is 7. The van der Waals surface area contributed by atoms with Gasteiger partial charge in [0.2, 0.25) is 5.88 Å². The molecule has 0 atom stereocenters. The van der Waals surface area contributed by atoms with Crippen LogP contribution in [0.5, 0.6) is 5.88 Å². The molecule has 7 heteroatoms. The number of hydrogen-bond acceptors (Lipinski definition) is 3. The van der Waals surface area contributed by atoms with Crippen molar-refractivity contribution >= 4 is 11.6 Å². The van der Waals surface area contributed by atoms with E-state index in [-0.39, 0.29) is 5.91 Å². The second-order valence-corrected chi connectivity index (χ2v) is 7.54. The molecule has 34 heavy (non-hydrogen) atoms. The number of aromatic nitrogens is 1. The summed E-state index contributed by atoms with van der Waals surface area (Å²) in [6, 6.07) is 24.5. The average molecular weight is 462 g/mol. The first-order chi connectivity index (χ1) is 16.4. The van der Waals surface area contributed by atoms with Crippen LogP contribution in [0.3, 0.4) is 0 Å². The maximum atomic E-state index is 12.9. The molecular formula is C27H21F3N2O2. The van der Waals surface area contributed by atoms with Crippen LogP contribution in [0, 0.1) is 0 Å². The average Bonchev–Trinajstić information content (AvgIpc) is 2.85. The molecule has 0 saturated heterocycles. The molecule has 172 valence electrons. The largest absolute Gasteiger partial charge is 0.477 e. The number of ether oxygens (including phenoxy) is 1. The van der Waals surface area contributed by atoms with E-state index in [4.69, 9.17) is 4.74 Å². The van der Waals surface area contributed by atoms with Crippen molar-refractivity contribution in [3.63, 3.8) is 0 Å². The van der Waals surface area contributed by atoms with Gasteiger partial charge in [-0.2, -0.15) is 13.2 Å². The Kier molecular flexibility index (Phi) is 6.92. The van der Waals surface area contributed by atoms with Crippen LogP contribution in [-0.2, 0) is 12.6 Å². The summed E-state index contributed by atoms with van der Waals surface area (Å²) >= 11 is 0. The maximum absolute atomic E-state index is 12.9. The second kappa shape index (κ2) is 10.2. The van der Waals surface area contributed by atoms with E-state index in [1.165, 1.54) is 12.1 Å². The van der Waals surface area contributed by atoms with E-state index < -0.39 is 11.7 Å². The minimum absolute atomic E-state index is 0.346. The standard InChI is InChI=1S/C27H21F3N2O2/c28-27(29,30)21-12-10-20(11-13-21)23-5-1-2-6-24(23)26(33)32-22-14-8-19(9-15-22)16-18-34-25-7-3-4-17-31-25/h1-15,17H,16,18H2,(H,32,33). The van der Waals surface area contributed by atoms with E-state index in [1.54, 1.807) is 48.7 Å². The highest BCUT2D eigenvalue weighted by Gasteiger charge is 2.30. The zero-order chi connectivity index (χ0) is 24.0. The molecule has 0 unspecified atom stereocenters. The van der Waals surface area contributed by atoms with Crippen molar-refractivity contribution in [2.75, 3.05) is 11.9 Å². The lowest BCUT2D eigenvalue weighted by Gasteiger charge is -2.12. The SMILES string of the molecule is O=C(Nc1ccc(CCOc2ccccn2)cc1)c1ccccc1-c1ccc(C(F)(F)F)cc1. The van der Waals surface area contributed by atoms with Gasteiger partial charge in [0, 0.05) is 29.9 Å². The van der Waals surface area contributed by atoms with Crippen molar-refractivity contribution in [3.8, 4) is 17.0 Å². The number of halogens is 3. The maximum Gasteiger partial charge on any atom is 0.416 e. The van der Waals surface area contributed by atoms with Crippen molar-refractivity contribution in [2.45, 2.75) is 12.6 Å². The molecule has 0 bridgehead atoms. The molecule has 4 aromatic rings. The topological polar surface area (TPSA) is 51.2 Å². The Morgan fingerprint density at radius 2 is 1.56 bits per heavy atom. The molecule has 0 aliphatic heterocycles. The van der Waals surface area contributed by atoms with Gasteiger partial charge in [-0.1, -0.05) is 48.5 Å². The lowest BCUT2D eigenvalue weighted by atomic mass is 9.98. The lowest BCUT2D eigenvalue weighted by Crippen LogP contribution is -2.13. The van der Waals surface area contributed by atoms with Crippen LogP contribution in [0.2, 0.25) is 0 Å². The summed E-state index contributed by atoms with van der Waals surface area (Å²) in [6.07, 6.45) is -2.06. The Morgan fingerprint density at radius 1 is 0.853 bits per heavy atom. The van der Waals surface area contributed by atoms with Gasteiger partial charge < -0.3 is 10.1 Å². The molecule has 0 spiro atoms. The fourth-order valence-corrected chi connectivity index (χ4v) is 3.43. The summed E-state index contributed by atoms with van der Waals surface area (Å²) < 4.78 is 44.2. The van der Waals surface area contributed by atoms with Crippen molar-refractivity contribution in [2.24, 2.45) is 0 Å². The summed E-state index contributed by atoms with van der Waals surface area (Å²) in [4.78, 5) is 17.0. The van der Waals surface area contributed by atoms with Crippen LogP contribution in [0.4, 0.5) is 18.9 Å². The van der Waals surface area contributed by atoms with Gasteiger partial charge in [0.05, 0.1) is 12.2 Å². The van der Waals surface area contributed by atoms with E-state index in [0.717, 1.165) is 17.7 Å². The van der Waals surface area contributed by atoms with Crippen molar-refractivity contribution in [1.29, 1.82) is 0 Å². The van der Waals surface area contributed by atoms with Crippen molar-refractivity contribution in [3.05, 3.63) is 114 Å². The number of benzene rings is 3. The van der Waals surface area contributed by atoms with E-state index in [0.29, 0.717) is 41.3 Å². The number of nitrogens with zero attached hydrogens (tertiary/aromatic N) is 1. The first kappa shape index (κ1) is 23.0. The summed E-state index contributed by atoms with van der Waals surface area (Å²) in [6.45, 7) is 0.475. The number of anilines is 1. The molecule has 1 N–H and O–H groups in total. The van der Waals surface area contributed by atoms with Gasteiger partial charge in [-0.15, -0.1) is 0 Å². The van der Waals surface area contributed by atoms with Gasteiger partial charge in [0.1, 0.15) is 0 Å². The Morgan fingerprint density at radius 3 is 2.24 bits per heavy atom. The van der Waals surface area contributed by atoms with Crippen LogP contribution in [-0.4, -0.2) is 17.5 Å². The van der Waals surface area contributed by atoms with Gasteiger partial charge in [-0.3, -0.25) is 4.79 Å². The van der Waals surface area contributed by atoms with Crippen LogP contribution >= 0.6 is 0 Å². The van der Waals surface area contributed by atoms with E-state index in [1.807, 2.05) is 24.3 Å². The number of carbonyl (C=O) groups excluding carboxylic acids is 1. The second-order valence-electron chi connectivity index (χ2n) is 7.54. The molecule has 1 aromatic heterocycles. The molecule has 0 fully saturated rings. The lowest BCUT2D eigenvalue weighted by molar-refractivity contribution is -0.137. The molecule has 4 rings (SSSR count). The monoisotopic (exact) mass is 462 g/mol. The van der Waals surface area contributed by atoms with E-state index >= 15 is 0 Å². The highest BCUT2D eigenvalue weighted by atomic mass is 19.4. The molecule has 3 aromatic carbocycles. The highest BCUT2D eigenvalue weighted by Crippen LogP contribution is 2.32. The smallest absolute Gasteiger partial charge is 0.416 e. The highest BCUT2D eigenvalue weighted by molar-refractivity contribution is 6.08. The molecule has 1 amide bonds. The molecule has 0 aliphatic rings. The fraction of sp³-hybridized carbons (Fsp3) is 0.111. The molecular weight excluding hydrogens is 441 g/mol. The number of nitrogens with one attached hydrogen (secondary N) is 1. The summed E-state index contributed by atoms with van der Waals surface area (Å²) in [5.74, 6) is 0.222. The predicted molar refractivity (Wildman–Crippen MR) is 125 cm³/mol. The minimum Gasteiger partial charge on any atom is -0.477 e. The Labute approximate surface area is 195 Å². The Bertz CT molecular complexity index is 1240. The molecule has 0 radical (unpaired) electrons. The Hall–Kier alpha value is -4.13.